The fourth-order valence-electron chi connectivity index (χ4n) is 4.05. The molecule has 1 aliphatic rings. The van der Waals surface area contributed by atoms with Gasteiger partial charge in [-0.3, -0.25) is 9.78 Å². The summed E-state index contributed by atoms with van der Waals surface area (Å²) >= 11 is 0. The van der Waals surface area contributed by atoms with Gasteiger partial charge in [0.1, 0.15) is 34.6 Å². The number of aromatic hydroxyl groups is 1. The van der Waals surface area contributed by atoms with Crippen molar-refractivity contribution in [1.29, 1.82) is 0 Å². The van der Waals surface area contributed by atoms with Gasteiger partial charge >= 0.3 is 0 Å². The first-order valence-electron chi connectivity index (χ1n) is 10.3. The number of phenols is 1. The summed E-state index contributed by atoms with van der Waals surface area (Å²) in [5.41, 5.74) is 5.40. The molecular weight excluding hydrogens is 437 g/mol. The molecule has 10 heteroatoms. The zero-order valence-electron chi connectivity index (χ0n) is 17.3. The Hall–Kier alpha value is -3.50. The molecule has 0 radical (unpaired) electrons. The van der Waals surface area contributed by atoms with Crippen LogP contribution in [0.25, 0.3) is 11.3 Å². The molecule has 5 N–H and O–H groups in total. The molecule has 1 saturated carbocycles. The molecule has 1 aromatic carbocycles. The Morgan fingerprint density at radius 1 is 1.09 bits per heavy atom. The van der Waals surface area contributed by atoms with E-state index in [0.29, 0.717) is 37.1 Å². The van der Waals surface area contributed by atoms with Crippen LogP contribution < -0.4 is 11.1 Å². The van der Waals surface area contributed by atoms with Crippen molar-refractivity contribution < 1.29 is 28.2 Å². The van der Waals surface area contributed by atoms with Crippen molar-refractivity contribution in [2.75, 3.05) is 5.32 Å². The summed E-state index contributed by atoms with van der Waals surface area (Å²) in [6.45, 7) is 0. The maximum atomic E-state index is 14.3. The van der Waals surface area contributed by atoms with Crippen LogP contribution in [-0.2, 0) is 0 Å². The number of nitrogens with two attached hydrogens (primary N) is 1. The van der Waals surface area contributed by atoms with Crippen LogP contribution in [0.2, 0.25) is 0 Å². The van der Waals surface area contributed by atoms with Crippen LogP contribution >= 0.6 is 0 Å². The Kier molecular flexibility index (Phi) is 6.30. The molecule has 7 nitrogen and oxygen atoms in total. The minimum atomic E-state index is -1.22. The molecule has 1 amide bonds. The zero-order chi connectivity index (χ0) is 23.7. The van der Waals surface area contributed by atoms with Gasteiger partial charge in [-0.25, -0.2) is 18.2 Å². The number of aliphatic hydroxyl groups is 1. The predicted octanol–water partition coefficient (Wildman–Crippen LogP) is 3.47. The molecular formula is C23H21F3N4O3. The summed E-state index contributed by atoms with van der Waals surface area (Å²) in [7, 11) is 0. The van der Waals surface area contributed by atoms with Crippen molar-refractivity contribution in [3.8, 4) is 17.0 Å². The fourth-order valence-corrected chi connectivity index (χ4v) is 4.05. The number of aliphatic hydroxyl groups excluding tert-OH is 1. The highest BCUT2D eigenvalue weighted by Gasteiger charge is 2.29. The number of hydrogen-bond acceptors (Lipinski definition) is 6. The number of aromatic nitrogens is 2. The Morgan fingerprint density at radius 2 is 1.82 bits per heavy atom. The third-order valence-corrected chi connectivity index (χ3v) is 5.75. The van der Waals surface area contributed by atoms with Gasteiger partial charge in [0.05, 0.1) is 23.6 Å². The first-order chi connectivity index (χ1) is 15.7. The molecule has 3 aromatic rings. The second-order valence-corrected chi connectivity index (χ2v) is 7.97. The van der Waals surface area contributed by atoms with Crippen molar-refractivity contribution in [2.45, 2.75) is 37.3 Å². The summed E-state index contributed by atoms with van der Waals surface area (Å²) in [5.74, 6) is -4.89. The van der Waals surface area contributed by atoms with Gasteiger partial charge < -0.3 is 21.3 Å². The Labute approximate surface area is 187 Å². The number of carbonyl (C=O) groups is 1. The molecule has 2 heterocycles. The average molecular weight is 458 g/mol. The number of nitrogens with one attached hydrogen (secondary N) is 1. The van der Waals surface area contributed by atoms with E-state index < -0.39 is 52.5 Å². The molecule has 1 fully saturated rings. The standard InChI is InChI=1S/C23H21F3N4O3/c24-14-2-3-18(29-22(14)21-15(25)8-12(31)9-16(21)26)23(33)30-19-10-28-6-5-13(19)11-1-4-20(32)17(27)7-11/h2-3,5-6,8-11,17,20,31-32H,1,4,7,27H2,(H,30,33)/t11-,17-,20-/m1/s1. The summed E-state index contributed by atoms with van der Waals surface area (Å²) in [6, 6.07) is 4.58. The number of carbonyl (C=O) groups excluding carboxylic acids is 1. The molecule has 0 aliphatic heterocycles. The summed E-state index contributed by atoms with van der Waals surface area (Å²) < 4.78 is 42.8. The number of amides is 1. The maximum absolute atomic E-state index is 14.3. The topological polar surface area (TPSA) is 121 Å². The van der Waals surface area contributed by atoms with Crippen LogP contribution in [0, 0.1) is 17.5 Å². The highest BCUT2D eigenvalue weighted by Crippen LogP contribution is 2.36. The van der Waals surface area contributed by atoms with E-state index in [2.05, 4.69) is 15.3 Å². The van der Waals surface area contributed by atoms with E-state index in [1.54, 1.807) is 12.3 Å². The number of nitrogens with zero attached hydrogens (tertiary/aromatic N) is 2. The van der Waals surface area contributed by atoms with Crippen molar-refractivity contribution in [1.82, 2.24) is 9.97 Å². The smallest absolute Gasteiger partial charge is 0.274 e. The average Bonchev–Trinajstić information content (AvgIpc) is 2.76. The Balaban J connectivity index is 1.63. The van der Waals surface area contributed by atoms with Gasteiger partial charge in [-0.2, -0.15) is 0 Å². The van der Waals surface area contributed by atoms with Crippen LogP contribution in [0.1, 0.15) is 41.2 Å². The van der Waals surface area contributed by atoms with Crippen molar-refractivity contribution in [3.05, 3.63) is 71.4 Å². The molecule has 172 valence electrons. The molecule has 4 rings (SSSR count). The van der Waals surface area contributed by atoms with Gasteiger partial charge in [-0.1, -0.05) is 0 Å². The molecule has 0 bridgehead atoms. The van der Waals surface area contributed by atoms with Crippen LogP contribution in [0.15, 0.2) is 42.7 Å². The van der Waals surface area contributed by atoms with E-state index in [9.17, 15) is 28.2 Å². The molecule has 1 aliphatic carbocycles. The molecule has 0 spiro atoms. The van der Waals surface area contributed by atoms with Gasteiger partial charge in [0.2, 0.25) is 0 Å². The van der Waals surface area contributed by atoms with E-state index in [-0.39, 0.29) is 11.6 Å². The van der Waals surface area contributed by atoms with E-state index >= 15 is 0 Å². The van der Waals surface area contributed by atoms with Crippen molar-refractivity contribution >= 4 is 11.6 Å². The third kappa shape index (κ3) is 4.67. The van der Waals surface area contributed by atoms with Crippen molar-refractivity contribution in [3.63, 3.8) is 0 Å². The Morgan fingerprint density at radius 3 is 2.52 bits per heavy atom. The third-order valence-electron chi connectivity index (χ3n) is 5.75. The number of phenolic OH excluding ortho intramolecular Hbond substituents is 1. The second-order valence-electron chi connectivity index (χ2n) is 7.97. The quantitative estimate of drug-likeness (QED) is 0.475. The normalized spacial score (nSPS) is 20.5. The second kappa shape index (κ2) is 9.16. The monoisotopic (exact) mass is 458 g/mol. The van der Waals surface area contributed by atoms with E-state index in [4.69, 9.17) is 5.73 Å². The van der Waals surface area contributed by atoms with Gasteiger partial charge in [0, 0.05) is 24.4 Å². The van der Waals surface area contributed by atoms with E-state index in [1.165, 1.54) is 6.20 Å². The number of benzene rings is 1. The minimum Gasteiger partial charge on any atom is -0.508 e. The number of anilines is 1. The largest absolute Gasteiger partial charge is 0.508 e. The van der Waals surface area contributed by atoms with Gasteiger partial charge in [0.15, 0.2) is 0 Å². The maximum Gasteiger partial charge on any atom is 0.274 e. The molecule has 33 heavy (non-hydrogen) atoms. The highest BCUT2D eigenvalue weighted by atomic mass is 19.1. The summed E-state index contributed by atoms with van der Waals surface area (Å²) in [5, 5.41) is 21.9. The first-order valence-corrected chi connectivity index (χ1v) is 10.3. The van der Waals surface area contributed by atoms with Gasteiger partial charge in [0.25, 0.3) is 5.91 Å². The number of rotatable bonds is 4. The fraction of sp³-hybridized carbons (Fsp3) is 0.261. The zero-order valence-corrected chi connectivity index (χ0v) is 17.3. The van der Waals surface area contributed by atoms with Crippen LogP contribution in [0.4, 0.5) is 18.9 Å². The molecule has 0 unspecified atom stereocenters. The molecule has 2 aromatic heterocycles. The summed E-state index contributed by atoms with van der Waals surface area (Å²) in [6.07, 6.45) is 4.16. The lowest BCUT2D eigenvalue weighted by Gasteiger charge is -2.32. The van der Waals surface area contributed by atoms with Gasteiger partial charge in [-0.05, 0) is 48.9 Å². The predicted molar refractivity (Wildman–Crippen MR) is 114 cm³/mol. The van der Waals surface area contributed by atoms with Crippen LogP contribution in [0.5, 0.6) is 5.75 Å². The van der Waals surface area contributed by atoms with E-state index in [0.717, 1.165) is 17.7 Å². The lowest BCUT2D eigenvalue weighted by molar-refractivity contribution is 0.0998. The molecule has 0 saturated heterocycles. The SMILES string of the molecule is N[C@@H]1C[C@H](c2ccncc2NC(=O)c2ccc(F)c(-c3c(F)cc(O)cc3F)n2)CC[C@H]1O. The number of halogens is 3. The number of hydrogen-bond donors (Lipinski definition) is 4. The lowest BCUT2D eigenvalue weighted by Crippen LogP contribution is -2.39. The highest BCUT2D eigenvalue weighted by molar-refractivity contribution is 6.03. The Bertz CT molecular complexity index is 1180. The summed E-state index contributed by atoms with van der Waals surface area (Å²) in [4.78, 5) is 20.7. The lowest BCUT2D eigenvalue weighted by atomic mass is 9.80. The first kappa shape index (κ1) is 22.7. The van der Waals surface area contributed by atoms with Crippen LogP contribution in [0.3, 0.4) is 0 Å². The molecule has 3 atom stereocenters. The number of pyridine rings is 2. The van der Waals surface area contributed by atoms with Crippen molar-refractivity contribution in [2.24, 2.45) is 5.73 Å². The van der Waals surface area contributed by atoms with Crippen LogP contribution in [-0.4, -0.2) is 38.2 Å². The minimum absolute atomic E-state index is 0.0152. The van der Waals surface area contributed by atoms with E-state index in [1.807, 2.05) is 0 Å². The van der Waals surface area contributed by atoms with Gasteiger partial charge in [-0.15, -0.1) is 0 Å².